The van der Waals surface area contributed by atoms with Gasteiger partial charge < -0.3 is 58.6 Å². The average molecular weight is 935 g/mol. The van der Waals surface area contributed by atoms with E-state index < -0.39 is 89.7 Å². The Kier molecular flexibility index (Phi) is 20.6. The zero-order valence-electron chi connectivity index (χ0n) is 41.0. The molecule has 1 unspecified atom stereocenters. The number of hydrogen-bond donors (Lipinski definition) is 4. The molecule has 4 heterocycles. The van der Waals surface area contributed by atoms with Crippen LogP contribution in [0.5, 0.6) is 0 Å². The predicted octanol–water partition coefficient (Wildman–Crippen LogP) is 5.83. The molecule has 0 aromatic heterocycles. The van der Waals surface area contributed by atoms with Crippen LogP contribution in [0.1, 0.15) is 133 Å². The van der Waals surface area contributed by atoms with Gasteiger partial charge in [-0.05, 0) is 114 Å². The number of methoxy groups -OCH3 is 1. The van der Waals surface area contributed by atoms with Gasteiger partial charge in [-0.2, -0.15) is 0 Å². The van der Waals surface area contributed by atoms with Crippen LogP contribution in [-0.2, 0) is 38.0 Å². The number of rotatable bonds is 14. The molecule has 368 valence electrons. The van der Waals surface area contributed by atoms with Crippen LogP contribution >= 0.6 is 21.6 Å². The first-order valence-corrected chi connectivity index (χ1v) is 26.1. The van der Waals surface area contributed by atoms with Crippen molar-refractivity contribution in [2.45, 2.75) is 223 Å². The average Bonchev–Trinajstić information content (AvgIpc) is 3.73. The maximum atomic E-state index is 14.7. The van der Waals surface area contributed by atoms with Gasteiger partial charge in [-0.1, -0.05) is 48.8 Å². The molecule has 19 atom stereocenters. The molecule has 4 aliphatic heterocycles. The van der Waals surface area contributed by atoms with Gasteiger partial charge >= 0.3 is 5.97 Å². The zero-order chi connectivity index (χ0) is 47.2. The molecule has 4 N–H and O–H groups in total. The van der Waals surface area contributed by atoms with Gasteiger partial charge in [-0.3, -0.25) is 9.59 Å². The van der Waals surface area contributed by atoms with E-state index in [1.807, 2.05) is 75.3 Å². The van der Waals surface area contributed by atoms with Gasteiger partial charge in [0.25, 0.3) is 0 Å². The Balaban J connectivity index is 1.75. The van der Waals surface area contributed by atoms with Gasteiger partial charge in [-0.15, -0.1) is 0 Å². The van der Waals surface area contributed by atoms with Crippen LogP contribution in [0.25, 0.3) is 0 Å². The second-order valence-corrected chi connectivity index (χ2v) is 23.4. The molecule has 0 amide bonds. The Morgan fingerprint density at radius 3 is 2.29 bits per heavy atom. The van der Waals surface area contributed by atoms with Gasteiger partial charge in [0.2, 0.25) is 0 Å². The quantitative estimate of drug-likeness (QED) is 0.0929. The molecule has 0 spiro atoms. The lowest BCUT2D eigenvalue weighted by atomic mass is 9.75. The number of aliphatic hydroxyl groups excluding tert-OH is 2. The zero-order valence-corrected chi connectivity index (χ0v) is 42.6. The SMILES string of the molecule is CC[C@H]1OC(=O)[C@H](C)[C@@H](O[C@H]2C[C@@](C)(OC)[C@@H](O)[C@H](C)O2)[C@H](C)[C@@H](O[C@@H]2O[C@H](C)C[C@H](N(C)C)[C@H]2O)[C@](C)(O)C[C@@H](C)CN(C)[C@H](C)[C@@H](CC(=O)CCCCC2CCSS2)[C@]1(C)O. The van der Waals surface area contributed by atoms with Crippen LogP contribution in [-0.4, -0.2) is 172 Å². The van der Waals surface area contributed by atoms with E-state index in [1.54, 1.807) is 34.6 Å². The lowest BCUT2D eigenvalue weighted by Gasteiger charge is -2.48. The van der Waals surface area contributed by atoms with E-state index in [9.17, 15) is 30.0 Å². The van der Waals surface area contributed by atoms with Crippen molar-refractivity contribution in [2.75, 3.05) is 40.6 Å². The topological polar surface area (TPSA) is 177 Å². The van der Waals surface area contributed by atoms with Crippen molar-refractivity contribution in [1.29, 1.82) is 0 Å². The van der Waals surface area contributed by atoms with Crippen molar-refractivity contribution >= 4 is 33.3 Å². The summed E-state index contributed by atoms with van der Waals surface area (Å²) in [6.07, 6.45) is -2.16. The molecule has 4 rings (SSSR count). The molecule has 14 nitrogen and oxygen atoms in total. The van der Waals surface area contributed by atoms with E-state index in [0.717, 1.165) is 19.3 Å². The van der Waals surface area contributed by atoms with Gasteiger partial charge in [0, 0.05) is 67.8 Å². The standard InChI is InChI=1S/C47H86N2O12S2/c1-15-37-47(10,55)35(23-33(50)18-16-17-19-34-20-21-62-63-34)31(6)49(13)26-27(2)24-45(8,54)42(61-44-39(51)36(48(11)12)22-28(3)57-44)29(4)40(30(5)43(53)59-37)60-38-25-46(9,56-14)41(52)32(7)58-38/h27-32,34-42,44,51-52,54-55H,15-26H2,1-14H3/t27-,28-,29+,30-,31-,32+,34?,35-,36+,37-,38+,39-,40+,41+,42-,44+,45-,46-,47+/m1/s1. The third-order valence-corrected chi connectivity index (χ3v) is 17.9. The molecule has 4 saturated heterocycles. The maximum Gasteiger partial charge on any atom is 0.311 e. The van der Waals surface area contributed by atoms with E-state index in [4.69, 9.17) is 28.4 Å². The number of esters is 1. The van der Waals surface area contributed by atoms with Crippen LogP contribution in [0, 0.1) is 23.7 Å². The molecule has 63 heavy (non-hydrogen) atoms. The van der Waals surface area contributed by atoms with Crippen molar-refractivity contribution in [3.63, 3.8) is 0 Å². The Morgan fingerprint density at radius 2 is 1.68 bits per heavy atom. The third kappa shape index (κ3) is 14.0. The molecule has 4 fully saturated rings. The van der Waals surface area contributed by atoms with E-state index in [1.165, 1.54) is 19.3 Å². The highest BCUT2D eigenvalue weighted by molar-refractivity contribution is 8.77. The molecular weight excluding hydrogens is 849 g/mol. The summed E-state index contributed by atoms with van der Waals surface area (Å²) >= 11 is 0. The second-order valence-electron chi connectivity index (χ2n) is 20.6. The number of carbonyl (C=O) groups excluding carboxylic acids is 2. The predicted molar refractivity (Wildman–Crippen MR) is 248 cm³/mol. The lowest BCUT2D eigenvalue weighted by Crippen LogP contribution is -2.60. The Bertz CT molecular complexity index is 1440. The Labute approximate surface area is 387 Å². The number of ketones is 1. The summed E-state index contributed by atoms with van der Waals surface area (Å²) in [5.74, 6) is -1.85. The fraction of sp³-hybridized carbons (Fsp3) is 0.957. The van der Waals surface area contributed by atoms with Crippen LogP contribution in [0.4, 0.5) is 0 Å². The van der Waals surface area contributed by atoms with E-state index in [2.05, 4.69) is 11.8 Å². The van der Waals surface area contributed by atoms with Crippen molar-refractivity contribution in [2.24, 2.45) is 23.7 Å². The highest BCUT2D eigenvalue weighted by Crippen LogP contribution is 2.42. The van der Waals surface area contributed by atoms with Gasteiger partial charge in [-0.25, -0.2) is 0 Å². The smallest absolute Gasteiger partial charge is 0.311 e. The van der Waals surface area contributed by atoms with Crippen LogP contribution in [0.3, 0.4) is 0 Å². The maximum absolute atomic E-state index is 14.7. The number of nitrogens with zero attached hydrogens (tertiary/aromatic N) is 2. The molecule has 0 aliphatic carbocycles. The number of aliphatic hydroxyl groups is 4. The normalized spacial score (nSPS) is 45.4. The molecule has 0 aromatic rings. The summed E-state index contributed by atoms with van der Waals surface area (Å²) in [6, 6.07) is -0.591. The fourth-order valence-corrected chi connectivity index (χ4v) is 13.9. The monoisotopic (exact) mass is 935 g/mol. The molecule has 0 saturated carbocycles. The number of Topliss-reactive ketones (excluding diaryl/α,β-unsaturated/α-hetero) is 1. The van der Waals surface area contributed by atoms with Crippen molar-refractivity contribution < 1.29 is 58.4 Å². The number of hydrogen-bond acceptors (Lipinski definition) is 16. The highest BCUT2D eigenvalue weighted by Gasteiger charge is 2.53. The van der Waals surface area contributed by atoms with Gasteiger partial charge in [0.05, 0.1) is 41.5 Å². The van der Waals surface area contributed by atoms with Gasteiger partial charge in [0.15, 0.2) is 12.6 Å². The minimum Gasteiger partial charge on any atom is -0.459 e. The van der Waals surface area contributed by atoms with Crippen molar-refractivity contribution in [3.8, 4) is 0 Å². The molecular formula is C47H86N2O12S2. The molecule has 0 radical (unpaired) electrons. The van der Waals surface area contributed by atoms with Crippen molar-refractivity contribution in [3.05, 3.63) is 0 Å². The molecule has 4 aliphatic rings. The molecule has 16 heteroatoms. The fourth-order valence-electron chi connectivity index (χ4n) is 10.8. The number of likely N-dealkylation sites (N-methyl/N-ethyl adjacent to an activating group) is 1. The van der Waals surface area contributed by atoms with Gasteiger partial charge in [0.1, 0.15) is 29.7 Å². The highest BCUT2D eigenvalue weighted by atomic mass is 33.1. The minimum atomic E-state index is -1.60. The first kappa shape index (κ1) is 55.0. The summed E-state index contributed by atoms with van der Waals surface area (Å²) in [5, 5.41) is 48.9. The Hall–Kier alpha value is -0.600. The van der Waals surface area contributed by atoms with Crippen LogP contribution in [0.15, 0.2) is 0 Å². The first-order chi connectivity index (χ1) is 29.4. The summed E-state index contributed by atoms with van der Waals surface area (Å²) in [7, 11) is 11.2. The van der Waals surface area contributed by atoms with E-state index in [0.29, 0.717) is 24.6 Å². The number of cyclic esters (lactones) is 1. The number of carbonyl (C=O) groups is 2. The second kappa shape index (κ2) is 23.6. The van der Waals surface area contributed by atoms with Crippen LogP contribution in [0.2, 0.25) is 0 Å². The van der Waals surface area contributed by atoms with Crippen LogP contribution < -0.4 is 0 Å². The first-order valence-electron chi connectivity index (χ1n) is 23.7. The number of ether oxygens (including phenoxy) is 6. The lowest BCUT2D eigenvalue weighted by molar-refractivity contribution is -0.318. The van der Waals surface area contributed by atoms with Crippen molar-refractivity contribution in [1.82, 2.24) is 9.80 Å². The number of unbranched alkanes of at least 4 members (excludes halogenated alkanes) is 1. The third-order valence-electron chi connectivity index (χ3n) is 14.9. The summed E-state index contributed by atoms with van der Waals surface area (Å²) in [5.41, 5.74) is -4.19. The summed E-state index contributed by atoms with van der Waals surface area (Å²) < 4.78 is 38.4. The Morgan fingerprint density at radius 1 is 1.00 bits per heavy atom. The van der Waals surface area contributed by atoms with E-state index >= 15 is 0 Å². The molecule has 0 bridgehead atoms. The summed E-state index contributed by atoms with van der Waals surface area (Å²) in [6.45, 7) is 18.9. The summed E-state index contributed by atoms with van der Waals surface area (Å²) in [4.78, 5) is 32.6. The molecule has 0 aromatic carbocycles. The van der Waals surface area contributed by atoms with E-state index in [-0.39, 0.29) is 55.6 Å². The minimum absolute atomic E-state index is 0.0764. The largest absolute Gasteiger partial charge is 0.459 e.